The number of carbonyl (C=O) groups excluding carboxylic acids is 1. The second kappa shape index (κ2) is 6.70. The van der Waals surface area contributed by atoms with Crippen molar-refractivity contribution in [3.8, 4) is 0 Å². The Kier molecular flexibility index (Phi) is 5.56. The molecule has 2 atom stereocenters. The Morgan fingerprint density at radius 1 is 1.35 bits per heavy atom. The van der Waals surface area contributed by atoms with E-state index in [0.29, 0.717) is 11.5 Å². The minimum absolute atomic E-state index is 0.0357. The van der Waals surface area contributed by atoms with Crippen LogP contribution in [-0.2, 0) is 0 Å². The number of hydrogen-bond acceptors (Lipinski definition) is 2. The van der Waals surface area contributed by atoms with Crippen LogP contribution in [0.4, 0.5) is 0 Å². The summed E-state index contributed by atoms with van der Waals surface area (Å²) in [6, 6.07) is 7.56. The first-order valence-corrected chi connectivity index (χ1v) is 6.58. The van der Waals surface area contributed by atoms with Gasteiger partial charge in [-0.15, -0.1) is 12.6 Å². The highest BCUT2D eigenvalue weighted by molar-refractivity contribution is 7.80. The Hall–Kier alpha value is -0.960. The van der Waals surface area contributed by atoms with E-state index in [4.69, 9.17) is 0 Å². The number of nitrogens with one attached hydrogen (secondary N) is 1. The molecule has 0 saturated carbocycles. The first-order chi connectivity index (χ1) is 8.04. The maximum Gasteiger partial charge on any atom is 0.252 e. The second-order valence-electron chi connectivity index (χ2n) is 4.64. The number of carbonyl (C=O) groups is 1. The molecule has 17 heavy (non-hydrogen) atoms. The highest BCUT2D eigenvalue weighted by atomic mass is 32.1. The lowest BCUT2D eigenvalue weighted by Crippen LogP contribution is -2.33. The lowest BCUT2D eigenvalue weighted by atomic mass is 10.00. The number of hydrogen-bond donors (Lipinski definition) is 2. The Labute approximate surface area is 109 Å². The van der Waals surface area contributed by atoms with Crippen molar-refractivity contribution in [2.75, 3.05) is 0 Å². The van der Waals surface area contributed by atoms with E-state index in [9.17, 15) is 4.79 Å². The van der Waals surface area contributed by atoms with Gasteiger partial charge in [-0.05, 0) is 31.4 Å². The van der Waals surface area contributed by atoms with Gasteiger partial charge in [-0.1, -0.05) is 32.4 Å². The maximum absolute atomic E-state index is 12.0. The van der Waals surface area contributed by atoms with Crippen molar-refractivity contribution in [2.45, 2.75) is 44.6 Å². The molecule has 2 nitrogen and oxygen atoms in total. The van der Waals surface area contributed by atoms with Gasteiger partial charge in [0, 0.05) is 10.9 Å². The summed E-state index contributed by atoms with van der Waals surface area (Å²) in [6.07, 6.45) is 2.15. The van der Waals surface area contributed by atoms with Gasteiger partial charge in [0.05, 0.1) is 5.56 Å². The molecule has 0 aromatic heterocycles. The van der Waals surface area contributed by atoms with Gasteiger partial charge >= 0.3 is 0 Å². The van der Waals surface area contributed by atoms with Crippen LogP contribution in [0.15, 0.2) is 29.2 Å². The summed E-state index contributed by atoms with van der Waals surface area (Å²) in [6.45, 7) is 6.42. The largest absolute Gasteiger partial charge is 0.350 e. The molecular weight excluding hydrogens is 230 g/mol. The molecule has 0 fully saturated rings. The van der Waals surface area contributed by atoms with Crippen LogP contribution in [0.5, 0.6) is 0 Å². The van der Waals surface area contributed by atoms with Gasteiger partial charge in [0.15, 0.2) is 0 Å². The third-order valence-electron chi connectivity index (χ3n) is 2.98. The summed E-state index contributed by atoms with van der Waals surface area (Å²) in [5.74, 6) is 0.600. The maximum atomic E-state index is 12.0. The van der Waals surface area contributed by atoms with Crippen molar-refractivity contribution < 1.29 is 4.79 Å². The number of benzene rings is 1. The zero-order chi connectivity index (χ0) is 12.8. The fraction of sp³-hybridized carbons (Fsp3) is 0.500. The van der Waals surface area contributed by atoms with Gasteiger partial charge in [0.25, 0.3) is 5.91 Å². The Balaban J connectivity index is 2.58. The van der Waals surface area contributed by atoms with E-state index >= 15 is 0 Å². The second-order valence-corrected chi connectivity index (χ2v) is 5.12. The summed E-state index contributed by atoms with van der Waals surface area (Å²) in [5, 5.41) is 3.01. The zero-order valence-corrected chi connectivity index (χ0v) is 11.6. The fourth-order valence-electron chi connectivity index (χ4n) is 1.80. The molecule has 0 spiro atoms. The predicted octanol–water partition coefficient (Wildman–Crippen LogP) is 3.53. The molecule has 1 aromatic rings. The molecule has 0 bridgehead atoms. The van der Waals surface area contributed by atoms with E-state index in [2.05, 4.69) is 31.8 Å². The minimum atomic E-state index is -0.0357. The van der Waals surface area contributed by atoms with Gasteiger partial charge in [-0.2, -0.15) is 0 Å². The summed E-state index contributed by atoms with van der Waals surface area (Å²) >= 11 is 4.29. The topological polar surface area (TPSA) is 29.1 Å². The van der Waals surface area contributed by atoms with Crippen LogP contribution in [-0.4, -0.2) is 11.9 Å². The first-order valence-electron chi connectivity index (χ1n) is 6.13. The van der Waals surface area contributed by atoms with Crippen LogP contribution in [0.25, 0.3) is 0 Å². The molecule has 0 aliphatic carbocycles. The average molecular weight is 251 g/mol. The van der Waals surface area contributed by atoms with Crippen molar-refractivity contribution in [1.29, 1.82) is 0 Å². The zero-order valence-electron chi connectivity index (χ0n) is 10.7. The van der Waals surface area contributed by atoms with Crippen molar-refractivity contribution in [2.24, 2.45) is 5.92 Å². The smallest absolute Gasteiger partial charge is 0.252 e. The van der Waals surface area contributed by atoms with Gasteiger partial charge in [0.1, 0.15) is 0 Å². The van der Waals surface area contributed by atoms with E-state index in [-0.39, 0.29) is 11.9 Å². The number of thiol groups is 1. The van der Waals surface area contributed by atoms with E-state index in [1.54, 1.807) is 6.07 Å². The Bertz CT molecular complexity index is 378. The molecule has 0 heterocycles. The number of rotatable bonds is 5. The summed E-state index contributed by atoms with van der Waals surface area (Å²) in [4.78, 5) is 12.7. The molecule has 1 amide bonds. The van der Waals surface area contributed by atoms with E-state index in [1.165, 1.54) is 0 Å². The molecule has 1 rings (SSSR count). The minimum Gasteiger partial charge on any atom is -0.350 e. The lowest BCUT2D eigenvalue weighted by molar-refractivity contribution is 0.0932. The summed E-state index contributed by atoms with van der Waals surface area (Å²) in [5.41, 5.74) is 0.645. The van der Waals surface area contributed by atoms with Gasteiger partial charge in [0.2, 0.25) is 0 Å². The van der Waals surface area contributed by atoms with E-state index in [0.717, 1.165) is 17.7 Å². The third-order valence-corrected chi connectivity index (χ3v) is 3.37. The molecular formula is C14H21NOS. The molecule has 1 N–H and O–H groups in total. The Morgan fingerprint density at radius 3 is 2.59 bits per heavy atom. The highest BCUT2D eigenvalue weighted by Gasteiger charge is 2.13. The van der Waals surface area contributed by atoms with Crippen LogP contribution >= 0.6 is 12.6 Å². The standard InChI is InChI=1S/C14H21NOS/c1-4-10(2)9-11(3)15-14(16)12-7-5-6-8-13(12)17/h5-8,10-11,17H,4,9H2,1-3H3,(H,15,16). The van der Waals surface area contributed by atoms with Gasteiger partial charge in [-0.3, -0.25) is 4.79 Å². The fourth-order valence-corrected chi connectivity index (χ4v) is 2.06. The molecule has 0 radical (unpaired) electrons. The van der Waals surface area contributed by atoms with Crippen molar-refractivity contribution in [3.05, 3.63) is 29.8 Å². The predicted molar refractivity (Wildman–Crippen MR) is 74.7 cm³/mol. The molecule has 94 valence electrons. The van der Waals surface area contributed by atoms with Crippen LogP contribution in [0.2, 0.25) is 0 Å². The van der Waals surface area contributed by atoms with Crippen LogP contribution in [0.3, 0.4) is 0 Å². The van der Waals surface area contributed by atoms with Crippen LogP contribution in [0, 0.1) is 5.92 Å². The third kappa shape index (κ3) is 4.43. The average Bonchev–Trinajstić information content (AvgIpc) is 2.29. The lowest BCUT2D eigenvalue weighted by Gasteiger charge is -2.18. The van der Waals surface area contributed by atoms with Crippen LogP contribution in [0.1, 0.15) is 44.0 Å². The van der Waals surface area contributed by atoms with Crippen molar-refractivity contribution in [1.82, 2.24) is 5.32 Å². The monoisotopic (exact) mass is 251 g/mol. The highest BCUT2D eigenvalue weighted by Crippen LogP contribution is 2.14. The van der Waals surface area contributed by atoms with Gasteiger partial charge in [-0.25, -0.2) is 0 Å². The number of amides is 1. The van der Waals surface area contributed by atoms with Crippen LogP contribution < -0.4 is 5.32 Å². The van der Waals surface area contributed by atoms with E-state index in [1.807, 2.05) is 25.1 Å². The van der Waals surface area contributed by atoms with Gasteiger partial charge < -0.3 is 5.32 Å². The Morgan fingerprint density at radius 2 is 2.00 bits per heavy atom. The first kappa shape index (κ1) is 14.1. The molecule has 3 heteroatoms. The quantitative estimate of drug-likeness (QED) is 0.770. The van der Waals surface area contributed by atoms with Crippen molar-refractivity contribution in [3.63, 3.8) is 0 Å². The normalized spacial score (nSPS) is 14.1. The molecule has 2 unspecified atom stereocenters. The molecule has 0 aliphatic heterocycles. The molecule has 0 saturated heterocycles. The summed E-state index contributed by atoms with van der Waals surface area (Å²) < 4.78 is 0. The van der Waals surface area contributed by atoms with Crippen molar-refractivity contribution >= 4 is 18.5 Å². The van der Waals surface area contributed by atoms with E-state index < -0.39 is 0 Å². The molecule has 0 aliphatic rings. The summed E-state index contributed by atoms with van der Waals surface area (Å²) in [7, 11) is 0. The SMILES string of the molecule is CCC(C)CC(C)NC(=O)c1ccccc1S. The molecule has 1 aromatic carbocycles.